The second kappa shape index (κ2) is 9.34. The van der Waals surface area contributed by atoms with Gasteiger partial charge in [0.05, 0.1) is 18.3 Å². The zero-order chi connectivity index (χ0) is 21.6. The van der Waals surface area contributed by atoms with Gasteiger partial charge in [-0.2, -0.15) is 0 Å². The largest absolute Gasteiger partial charge is 0.479 e. The van der Waals surface area contributed by atoms with Gasteiger partial charge < -0.3 is 19.7 Å². The first-order chi connectivity index (χ1) is 13.7. The van der Waals surface area contributed by atoms with Crippen molar-refractivity contribution < 1.29 is 34.1 Å². The Hall–Kier alpha value is -3.19. The highest BCUT2D eigenvalue weighted by Crippen LogP contribution is 2.27. The molecule has 0 aliphatic carbocycles. The lowest BCUT2D eigenvalue weighted by molar-refractivity contribution is -0.188. The van der Waals surface area contributed by atoms with Crippen LogP contribution in [-0.2, 0) is 25.5 Å². The Morgan fingerprint density at radius 3 is 2.07 bits per heavy atom. The van der Waals surface area contributed by atoms with Gasteiger partial charge in [-0.3, -0.25) is 0 Å². The summed E-state index contributed by atoms with van der Waals surface area (Å²) in [6.45, 7) is 5.15. The number of ether oxygens (including phenoxy) is 2. The summed E-state index contributed by atoms with van der Waals surface area (Å²) in [4.78, 5) is 35.6. The molecule has 0 aliphatic rings. The van der Waals surface area contributed by atoms with E-state index in [4.69, 9.17) is 9.47 Å². The lowest BCUT2D eigenvalue weighted by Gasteiger charge is -2.27. The molecule has 0 radical (unpaired) electrons. The van der Waals surface area contributed by atoms with Gasteiger partial charge in [0.2, 0.25) is 0 Å². The van der Waals surface area contributed by atoms with Gasteiger partial charge in [0, 0.05) is 6.42 Å². The molecule has 2 N–H and O–H groups in total. The minimum Gasteiger partial charge on any atom is -0.479 e. The van der Waals surface area contributed by atoms with E-state index in [1.54, 1.807) is 69.3 Å². The van der Waals surface area contributed by atoms with Crippen molar-refractivity contribution in [3.63, 3.8) is 0 Å². The summed E-state index contributed by atoms with van der Waals surface area (Å²) < 4.78 is 10.4. The Balaban J connectivity index is 2.37. The molecule has 0 saturated carbocycles. The number of aliphatic carboxylic acids is 2. The van der Waals surface area contributed by atoms with Crippen molar-refractivity contribution in [3.05, 3.63) is 59.7 Å². The van der Waals surface area contributed by atoms with E-state index in [2.05, 4.69) is 0 Å². The minimum atomic E-state index is -2.38. The summed E-state index contributed by atoms with van der Waals surface area (Å²) in [5.41, 5.74) is -0.0982. The second-order valence-electron chi connectivity index (χ2n) is 6.74. The molecular weight excluding hydrogens is 376 g/mol. The Morgan fingerprint density at radius 2 is 1.55 bits per heavy atom. The molecule has 7 nitrogen and oxygen atoms in total. The molecule has 2 rings (SSSR count). The maximum absolute atomic E-state index is 12.2. The number of carboxylic acids is 2. The number of esters is 1. The van der Waals surface area contributed by atoms with Crippen LogP contribution < -0.4 is 0 Å². The number of carbonyl (C=O) groups is 3. The molecule has 0 aliphatic heterocycles. The van der Waals surface area contributed by atoms with Gasteiger partial charge in [0.25, 0.3) is 5.60 Å². The number of rotatable bonds is 9. The van der Waals surface area contributed by atoms with Crippen LogP contribution in [0.15, 0.2) is 48.5 Å². The fourth-order valence-electron chi connectivity index (χ4n) is 3.00. The van der Waals surface area contributed by atoms with Gasteiger partial charge in [-0.1, -0.05) is 42.5 Å². The van der Waals surface area contributed by atoms with Gasteiger partial charge in [-0.05, 0) is 43.5 Å². The molecule has 0 saturated heterocycles. The molecule has 0 spiro atoms. The average molecular weight is 400 g/mol. The van der Waals surface area contributed by atoms with Gasteiger partial charge in [0.15, 0.2) is 0 Å². The van der Waals surface area contributed by atoms with Crippen LogP contribution in [0.1, 0.15) is 36.7 Å². The summed E-state index contributed by atoms with van der Waals surface area (Å²) in [6, 6.07) is 13.6. The number of hydrogen-bond acceptors (Lipinski definition) is 5. The molecule has 0 amide bonds. The van der Waals surface area contributed by atoms with Crippen molar-refractivity contribution in [3.8, 4) is 11.1 Å². The van der Waals surface area contributed by atoms with Crippen LogP contribution in [0.2, 0.25) is 0 Å². The second-order valence-corrected chi connectivity index (χ2v) is 6.74. The molecule has 7 heteroatoms. The van der Waals surface area contributed by atoms with E-state index in [0.29, 0.717) is 16.7 Å². The lowest BCUT2D eigenvalue weighted by atomic mass is 9.92. The molecule has 2 aromatic carbocycles. The van der Waals surface area contributed by atoms with E-state index >= 15 is 0 Å². The molecule has 154 valence electrons. The zero-order valence-corrected chi connectivity index (χ0v) is 16.5. The standard InChI is InChI=1S/C22H24O7/c1-4-28-19(23)18-8-6-5-7-17(18)16-11-9-15(10-12-16)13-22(20(24)25,21(26)27)29-14(2)3/h5-12,14H,4,13H2,1-3H3,(H,24,25)(H,26,27). The molecular formula is C22H24O7. The van der Waals surface area contributed by atoms with Gasteiger partial charge in [-0.15, -0.1) is 0 Å². The SMILES string of the molecule is CCOC(=O)c1ccccc1-c1ccc(CC(OC(C)C)(C(=O)O)C(=O)O)cc1. The van der Waals surface area contributed by atoms with Crippen molar-refractivity contribution in [2.45, 2.75) is 38.9 Å². The Bertz CT molecular complexity index is 870. The van der Waals surface area contributed by atoms with Crippen LogP contribution >= 0.6 is 0 Å². The highest BCUT2D eigenvalue weighted by Gasteiger charge is 2.49. The Labute approximate surface area is 168 Å². The summed E-state index contributed by atoms with van der Waals surface area (Å²) in [7, 11) is 0. The molecule has 0 heterocycles. The fourth-order valence-corrected chi connectivity index (χ4v) is 3.00. The molecule has 0 aromatic heterocycles. The van der Waals surface area contributed by atoms with Gasteiger partial charge in [0.1, 0.15) is 0 Å². The van der Waals surface area contributed by atoms with Crippen molar-refractivity contribution in [1.29, 1.82) is 0 Å². The minimum absolute atomic E-state index is 0.258. The van der Waals surface area contributed by atoms with Gasteiger partial charge in [-0.25, -0.2) is 14.4 Å². The predicted molar refractivity (Wildman–Crippen MR) is 106 cm³/mol. The normalized spacial score (nSPS) is 11.3. The zero-order valence-electron chi connectivity index (χ0n) is 16.5. The number of benzene rings is 2. The molecule has 0 atom stereocenters. The van der Waals surface area contributed by atoms with Gasteiger partial charge >= 0.3 is 17.9 Å². The average Bonchev–Trinajstić information content (AvgIpc) is 2.67. The lowest BCUT2D eigenvalue weighted by Crippen LogP contribution is -2.52. The molecule has 0 bridgehead atoms. The molecule has 29 heavy (non-hydrogen) atoms. The summed E-state index contributed by atoms with van der Waals surface area (Å²) in [5, 5.41) is 19.1. The van der Waals surface area contributed by atoms with Crippen LogP contribution in [0.4, 0.5) is 0 Å². The number of hydrogen-bond donors (Lipinski definition) is 2. The van der Waals surface area contributed by atoms with Crippen molar-refractivity contribution in [2.24, 2.45) is 0 Å². The summed E-state index contributed by atoms with van der Waals surface area (Å²) in [6.07, 6.45) is -0.923. The molecule has 0 unspecified atom stereocenters. The van der Waals surface area contributed by atoms with E-state index in [1.807, 2.05) is 0 Å². The first-order valence-electron chi connectivity index (χ1n) is 9.21. The topological polar surface area (TPSA) is 110 Å². The maximum atomic E-state index is 12.2. The van der Waals surface area contributed by atoms with Crippen LogP contribution in [-0.4, -0.2) is 46.4 Å². The quantitative estimate of drug-likeness (QED) is 0.490. The smallest absolute Gasteiger partial charge is 0.348 e. The summed E-state index contributed by atoms with van der Waals surface area (Å²) >= 11 is 0. The van der Waals surface area contributed by atoms with E-state index in [9.17, 15) is 24.6 Å². The van der Waals surface area contributed by atoms with Crippen LogP contribution in [0.3, 0.4) is 0 Å². The van der Waals surface area contributed by atoms with E-state index < -0.39 is 29.6 Å². The van der Waals surface area contributed by atoms with Crippen molar-refractivity contribution >= 4 is 17.9 Å². The fraction of sp³-hybridized carbons (Fsp3) is 0.318. The molecule has 0 fully saturated rings. The van der Waals surface area contributed by atoms with Crippen LogP contribution in [0.5, 0.6) is 0 Å². The highest BCUT2D eigenvalue weighted by atomic mass is 16.6. The van der Waals surface area contributed by atoms with Crippen LogP contribution in [0.25, 0.3) is 11.1 Å². The molecule has 2 aromatic rings. The van der Waals surface area contributed by atoms with Crippen molar-refractivity contribution in [1.82, 2.24) is 0 Å². The Kier molecular flexibility index (Phi) is 7.12. The third-order valence-corrected chi connectivity index (χ3v) is 4.27. The summed E-state index contributed by atoms with van der Waals surface area (Å²) in [5.74, 6) is -3.56. The van der Waals surface area contributed by atoms with Crippen LogP contribution in [0, 0.1) is 0 Å². The number of carbonyl (C=O) groups excluding carboxylic acids is 1. The van der Waals surface area contributed by atoms with Crippen molar-refractivity contribution in [2.75, 3.05) is 6.61 Å². The predicted octanol–water partition coefficient (Wildman–Crippen LogP) is 3.41. The highest BCUT2D eigenvalue weighted by molar-refractivity contribution is 6.02. The Morgan fingerprint density at radius 1 is 0.966 bits per heavy atom. The third-order valence-electron chi connectivity index (χ3n) is 4.27. The maximum Gasteiger partial charge on any atom is 0.348 e. The van der Waals surface area contributed by atoms with E-state index in [0.717, 1.165) is 5.56 Å². The van der Waals surface area contributed by atoms with E-state index in [-0.39, 0.29) is 13.0 Å². The van der Waals surface area contributed by atoms with E-state index in [1.165, 1.54) is 0 Å². The number of carboxylic acid groups (broad SMARTS) is 2. The third kappa shape index (κ3) is 5.00. The first kappa shape index (κ1) is 22.1. The monoisotopic (exact) mass is 400 g/mol. The first-order valence-corrected chi connectivity index (χ1v) is 9.21.